The zero-order chi connectivity index (χ0) is 25.2. The lowest BCUT2D eigenvalue weighted by atomic mass is 9.85. The molecule has 1 saturated heterocycles. The van der Waals surface area contributed by atoms with Crippen molar-refractivity contribution in [3.05, 3.63) is 70.8 Å². The van der Waals surface area contributed by atoms with Crippen molar-refractivity contribution >= 4 is 11.6 Å². The summed E-state index contributed by atoms with van der Waals surface area (Å²) >= 11 is 0. The maximum absolute atomic E-state index is 14.0. The molecule has 3 atom stereocenters. The lowest BCUT2D eigenvalue weighted by Gasteiger charge is -2.35. The van der Waals surface area contributed by atoms with Gasteiger partial charge >= 0.3 is 6.18 Å². The first-order valence-corrected chi connectivity index (χ1v) is 11.1. The number of alkyl halides is 3. The first-order valence-electron chi connectivity index (χ1n) is 11.1. The molecule has 0 radical (unpaired) electrons. The van der Waals surface area contributed by atoms with Crippen LogP contribution in [-0.4, -0.2) is 29.1 Å². The molecule has 3 unspecified atom stereocenters. The second-order valence-corrected chi connectivity index (χ2v) is 8.67. The summed E-state index contributed by atoms with van der Waals surface area (Å²) in [7, 11) is 0. The summed E-state index contributed by atoms with van der Waals surface area (Å²) in [5, 5.41) is 21.9. The molecule has 1 fully saturated rings. The largest absolute Gasteiger partial charge is 0.417 e. The molecule has 0 spiro atoms. The molecule has 3 heterocycles. The van der Waals surface area contributed by atoms with Gasteiger partial charge in [-0.05, 0) is 49.1 Å². The molecule has 35 heavy (non-hydrogen) atoms. The molecular formula is C25H22F4N6. The minimum atomic E-state index is -4.75. The number of rotatable bonds is 4. The van der Waals surface area contributed by atoms with Gasteiger partial charge in [-0.15, -0.1) is 0 Å². The van der Waals surface area contributed by atoms with Crippen LogP contribution in [0.4, 0.5) is 29.2 Å². The van der Waals surface area contributed by atoms with Crippen molar-refractivity contribution in [3.63, 3.8) is 0 Å². The Morgan fingerprint density at radius 3 is 2.63 bits per heavy atom. The highest BCUT2D eigenvalue weighted by atomic mass is 19.4. The second-order valence-electron chi connectivity index (χ2n) is 8.67. The lowest BCUT2D eigenvalue weighted by Crippen LogP contribution is -2.43. The molecule has 0 saturated carbocycles. The van der Waals surface area contributed by atoms with E-state index in [2.05, 4.69) is 15.3 Å². The van der Waals surface area contributed by atoms with Crippen molar-refractivity contribution in [2.24, 2.45) is 5.92 Å². The first kappa shape index (κ1) is 24.2. The Hall–Kier alpha value is -3.92. The number of nitrogens with one attached hydrogen (secondary N) is 1. The maximum Gasteiger partial charge on any atom is 0.417 e. The molecular weight excluding hydrogens is 460 g/mol. The number of anilines is 2. The molecule has 0 amide bonds. The van der Waals surface area contributed by atoms with Gasteiger partial charge in [0, 0.05) is 31.2 Å². The van der Waals surface area contributed by atoms with Crippen molar-refractivity contribution < 1.29 is 17.6 Å². The molecule has 180 valence electrons. The SMILES string of the molecule is CC1C=C(F)C=CC1c1cc(C(F)(F)F)c(C#N)c(N2CCCC(Nc3ccc(C#N)cn3)C2)n1. The zero-order valence-corrected chi connectivity index (χ0v) is 18.8. The molecule has 2 aromatic heterocycles. The van der Waals surface area contributed by atoms with E-state index in [1.54, 1.807) is 30.0 Å². The van der Waals surface area contributed by atoms with Crippen LogP contribution in [0.1, 0.15) is 48.1 Å². The maximum atomic E-state index is 14.0. The number of nitriles is 2. The molecule has 0 bridgehead atoms. The third-order valence-electron chi connectivity index (χ3n) is 6.20. The normalized spacial score (nSPS) is 22.2. The number of nitrogens with zero attached hydrogens (tertiary/aromatic N) is 5. The Morgan fingerprint density at radius 1 is 1.20 bits per heavy atom. The molecule has 0 aromatic carbocycles. The molecule has 1 aliphatic heterocycles. The molecule has 1 aliphatic carbocycles. The molecule has 6 nitrogen and oxygen atoms in total. The number of hydrogen-bond donors (Lipinski definition) is 1. The van der Waals surface area contributed by atoms with Gasteiger partial charge in [0.2, 0.25) is 0 Å². The molecule has 2 aliphatic rings. The monoisotopic (exact) mass is 482 g/mol. The van der Waals surface area contributed by atoms with E-state index in [9.17, 15) is 22.8 Å². The standard InChI is InChI=1S/C25H22F4N6/c1-15-9-17(26)5-6-19(15)22-10-21(25(27,28)29)20(12-31)24(34-22)35-8-2-3-18(14-35)33-23-7-4-16(11-30)13-32-23/h4-7,9-10,13,15,18-19H,2-3,8,14H2,1H3,(H,32,33). The van der Waals surface area contributed by atoms with E-state index in [1.807, 2.05) is 6.07 Å². The van der Waals surface area contributed by atoms with Crippen LogP contribution in [0.25, 0.3) is 0 Å². The number of piperidine rings is 1. The predicted octanol–water partition coefficient (Wildman–Crippen LogP) is 5.46. The van der Waals surface area contributed by atoms with Gasteiger partial charge < -0.3 is 10.2 Å². The summed E-state index contributed by atoms with van der Waals surface area (Å²) in [4.78, 5) is 10.4. The van der Waals surface area contributed by atoms with Crippen molar-refractivity contribution in [2.45, 2.75) is 37.9 Å². The van der Waals surface area contributed by atoms with Crippen LogP contribution in [0.3, 0.4) is 0 Å². The highest BCUT2D eigenvalue weighted by Crippen LogP contribution is 2.40. The van der Waals surface area contributed by atoms with Gasteiger partial charge in [-0.1, -0.05) is 13.0 Å². The molecule has 1 N–H and O–H groups in total. The van der Waals surface area contributed by atoms with E-state index in [0.717, 1.165) is 12.5 Å². The Morgan fingerprint density at radius 2 is 2.00 bits per heavy atom. The van der Waals surface area contributed by atoms with Crippen LogP contribution in [0.5, 0.6) is 0 Å². The minimum Gasteiger partial charge on any atom is -0.366 e. The Bertz CT molecular complexity index is 1240. The minimum absolute atomic E-state index is 0.0211. The van der Waals surface area contributed by atoms with E-state index in [-0.39, 0.29) is 17.6 Å². The highest BCUT2D eigenvalue weighted by Gasteiger charge is 2.38. The fraction of sp³-hybridized carbons (Fsp3) is 0.360. The summed E-state index contributed by atoms with van der Waals surface area (Å²) in [5.41, 5.74) is -1.00. The van der Waals surface area contributed by atoms with Crippen molar-refractivity contribution in [1.29, 1.82) is 10.5 Å². The van der Waals surface area contributed by atoms with E-state index in [1.165, 1.54) is 24.4 Å². The van der Waals surface area contributed by atoms with Gasteiger partial charge in [0.25, 0.3) is 0 Å². The fourth-order valence-corrected chi connectivity index (χ4v) is 4.48. The predicted molar refractivity (Wildman–Crippen MR) is 122 cm³/mol. The third kappa shape index (κ3) is 5.27. The van der Waals surface area contributed by atoms with Gasteiger partial charge in [-0.3, -0.25) is 0 Å². The average Bonchev–Trinajstić information content (AvgIpc) is 2.83. The first-order chi connectivity index (χ1) is 16.7. The van der Waals surface area contributed by atoms with E-state index >= 15 is 0 Å². The Labute approximate surface area is 200 Å². The third-order valence-corrected chi connectivity index (χ3v) is 6.20. The zero-order valence-electron chi connectivity index (χ0n) is 18.8. The van der Waals surface area contributed by atoms with E-state index in [4.69, 9.17) is 5.26 Å². The Kier molecular flexibility index (Phi) is 6.74. The van der Waals surface area contributed by atoms with Crippen LogP contribution in [0.2, 0.25) is 0 Å². The van der Waals surface area contributed by atoms with Gasteiger partial charge in [0.05, 0.1) is 16.8 Å². The number of hydrogen-bond acceptors (Lipinski definition) is 6. The fourth-order valence-electron chi connectivity index (χ4n) is 4.48. The van der Waals surface area contributed by atoms with Crippen LogP contribution in [0, 0.1) is 28.6 Å². The highest BCUT2D eigenvalue weighted by molar-refractivity contribution is 5.60. The van der Waals surface area contributed by atoms with Gasteiger partial charge in [-0.2, -0.15) is 23.7 Å². The Balaban J connectivity index is 1.68. The van der Waals surface area contributed by atoms with Crippen LogP contribution < -0.4 is 10.2 Å². The van der Waals surface area contributed by atoms with Crippen molar-refractivity contribution in [2.75, 3.05) is 23.3 Å². The van der Waals surface area contributed by atoms with Gasteiger partial charge in [0.1, 0.15) is 35.2 Å². The summed E-state index contributed by atoms with van der Waals surface area (Å²) in [6, 6.07) is 7.76. The number of pyridine rings is 2. The average molecular weight is 482 g/mol. The summed E-state index contributed by atoms with van der Waals surface area (Å²) in [6.45, 7) is 2.46. The summed E-state index contributed by atoms with van der Waals surface area (Å²) in [5.74, 6) is -0.868. The summed E-state index contributed by atoms with van der Waals surface area (Å²) in [6.07, 6.45) is 2.19. The topological polar surface area (TPSA) is 88.6 Å². The van der Waals surface area contributed by atoms with Crippen molar-refractivity contribution in [3.8, 4) is 12.1 Å². The van der Waals surface area contributed by atoms with E-state index < -0.39 is 35.0 Å². The summed E-state index contributed by atoms with van der Waals surface area (Å²) < 4.78 is 55.6. The van der Waals surface area contributed by atoms with Gasteiger partial charge in [-0.25, -0.2) is 14.4 Å². The van der Waals surface area contributed by atoms with Crippen LogP contribution >= 0.6 is 0 Å². The quantitative estimate of drug-likeness (QED) is 0.582. The van der Waals surface area contributed by atoms with E-state index in [0.29, 0.717) is 30.9 Å². The van der Waals surface area contributed by atoms with Crippen LogP contribution in [-0.2, 0) is 6.18 Å². The second kappa shape index (κ2) is 9.75. The lowest BCUT2D eigenvalue weighted by molar-refractivity contribution is -0.137. The molecule has 2 aromatic rings. The van der Waals surface area contributed by atoms with Gasteiger partial charge in [0.15, 0.2) is 0 Å². The number of halogens is 4. The smallest absolute Gasteiger partial charge is 0.366 e. The number of allylic oxidation sites excluding steroid dienone is 4. The number of aromatic nitrogens is 2. The van der Waals surface area contributed by atoms with Crippen LogP contribution in [0.15, 0.2) is 48.5 Å². The molecule has 10 heteroatoms. The van der Waals surface area contributed by atoms with Crippen molar-refractivity contribution in [1.82, 2.24) is 9.97 Å². The molecule has 4 rings (SSSR count).